The Balaban J connectivity index is 2.89. The van der Waals surface area contributed by atoms with Crippen LogP contribution in [0.5, 0.6) is 5.75 Å². The van der Waals surface area contributed by atoms with E-state index in [4.69, 9.17) is 15.2 Å². The van der Waals surface area contributed by atoms with Crippen molar-refractivity contribution in [3.63, 3.8) is 0 Å². The lowest BCUT2D eigenvalue weighted by Gasteiger charge is -2.12. The molecule has 0 fully saturated rings. The maximum atomic E-state index is 11.7. The second kappa shape index (κ2) is 5.39. The SMILES string of the molecule is CCC(C)OC(=O)c1cc(OC)ccc1N. The number of carbonyl (C=O) groups excluding carboxylic acids is 1. The van der Waals surface area contributed by atoms with Crippen molar-refractivity contribution in [2.45, 2.75) is 26.4 Å². The van der Waals surface area contributed by atoms with E-state index in [1.54, 1.807) is 18.2 Å². The van der Waals surface area contributed by atoms with E-state index < -0.39 is 5.97 Å². The lowest BCUT2D eigenvalue weighted by molar-refractivity contribution is 0.0335. The molecule has 0 amide bonds. The molecule has 4 heteroatoms. The zero-order valence-corrected chi connectivity index (χ0v) is 9.82. The summed E-state index contributed by atoms with van der Waals surface area (Å²) in [5, 5.41) is 0. The van der Waals surface area contributed by atoms with Crippen LogP contribution < -0.4 is 10.5 Å². The number of ether oxygens (including phenoxy) is 2. The molecule has 88 valence electrons. The summed E-state index contributed by atoms with van der Waals surface area (Å²) >= 11 is 0. The summed E-state index contributed by atoms with van der Waals surface area (Å²) < 4.78 is 10.2. The highest BCUT2D eigenvalue weighted by Crippen LogP contribution is 2.20. The van der Waals surface area contributed by atoms with Gasteiger partial charge in [0.1, 0.15) is 5.75 Å². The summed E-state index contributed by atoms with van der Waals surface area (Å²) in [5.74, 6) is 0.177. The van der Waals surface area contributed by atoms with Crippen molar-refractivity contribution in [2.24, 2.45) is 0 Å². The Labute approximate surface area is 95.3 Å². The van der Waals surface area contributed by atoms with Crippen molar-refractivity contribution in [3.8, 4) is 5.75 Å². The third-order valence-electron chi connectivity index (χ3n) is 2.36. The number of rotatable bonds is 4. The number of hydrogen-bond acceptors (Lipinski definition) is 4. The fourth-order valence-corrected chi connectivity index (χ4v) is 1.17. The maximum Gasteiger partial charge on any atom is 0.340 e. The molecule has 0 bridgehead atoms. The van der Waals surface area contributed by atoms with Gasteiger partial charge < -0.3 is 15.2 Å². The zero-order valence-electron chi connectivity index (χ0n) is 9.82. The van der Waals surface area contributed by atoms with Crippen molar-refractivity contribution in [2.75, 3.05) is 12.8 Å². The van der Waals surface area contributed by atoms with Crippen LogP contribution in [-0.4, -0.2) is 19.2 Å². The van der Waals surface area contributed by atoms with Crippen LogP contribution in [0.4, 0.5) is 5.69 Å². The fraction of sp³-hybridized carbons (Fsp3) is 0.417. The first kappa shape index (κ1) is 12.4. The van der Waals surface area contributed by atoms with Gasteiger partial charge in [-0.3, -0.25) is 0 Å². The van der Waals surface area contributed by atoms with Crippen LogP contribution in [-0.2, 0) is 4.74 Å². The van der Waals surface area contributed by atoms with Gasteiger partial charge in [0.15, 0.2) is 0 Å². The minimum Gasteiger partial charge on any atom is -0.497 e. The fourth-order valence-electron chi connectivity index (χ4n) is 1.17. The van der Waals surface area contributed by atoms with Crippen LogP contribution in [0, 0.1) is 0 Å². The van der Waals surface area contributed by atoms with Crippen LogP contribution in [0.15, 0.2) is 18.2 Å². The van der Waals surface area contributed by atoms with Gasteiger partial charge in [-0.05, 0) is 31.5 Å². The summed E-state index contributed by atoms with van der Waals surface area (Å²) in [6.07, 6.45) is 0.661. The van der Waals surface area contributed by atoms with Crippen molar-refractivity contribution in [1.82, 2.24) is 0 Å². The molecule has 4 nitrogen and oxygen atoms in total. The molecule has 0 aliphatic rings. The van der Waals surface area contributed by atoms with Gasteiger partial charge in [0.2, 0.25) is 0 Å². The lowest BCUT2D eigenvalue weighted by Crippen LogP contribution is -2.15. The maximum absolute atomic E-state index is 11.7. The van der Waals surface area contributed by atoms with Crippen LogP contribution in [0.1, 0.15) is 30.6 Å². The standard InChI is InChI=1S/C12H17NO3/c1-4-8(2)16-12(14)10-7-9(15-3)5-6-11(10)13/h5-8H,4,13H2,1-3H3. The third kappa shape index (κ3) is 2.89. The highest BCUT2D eigenvalue weighted by molar-refractivity contribution is 5.95. The van der Waals surface area contributed by atoms with Crippen LogP contribution in [0.2, 0.25) is 0 Å². The molecular weight excluding hydrogens is 206 g/mol. The Kier molecular flexibility index (Phi) is 4.17. The Morgan fingerprint density at radius 1 is 1.50 bits per heavy atom. The Morgan fingerprint density at radius 2 is 2.19 bits per heavy atom. The quantitative estimate of drug-likeness (QED) is 0.628. The summed E-state index contributed by atoms with van der Waals surface area (Å²) in [6, 6.07) is 4.92. The van der Waals surface area contributed by atoms with Gasteiger partial charge in [0.25, 0.3) is 0 Å². The second-order valence-corrected chi connectivity index (χ2v) is 3.58. The summed E-state index contributed by atoms with van der Waals surface area (Å²) in [5.41, 5.74) is 6.45. The average Bonchev–Trinajstić information content (AvgIpc) is 2.29. The number of hydrogen-bond donors (Lipinski definition) is 1. The van der Waals surface area contributed by atoms with E-state index in [-0.39, 0.29) is 6.10 Å². The molecule has 1 unspecified atom stereocenters. The number of benzene rings is 1. The van der Waals surface area contributed by atoms with E-state index in [9.17, 15) is 4.79 Å². The monoisotopic (exact) mass is 223 g/mol. The third-order valence-corrected chi connectivity index (χ3v) is 2.36. The molecule has 2 N–H and O–H groups in total. The molecule has 1 atom stereocenters. The average molecular weight is 223 g/mol. The number of esters is 1. The van der Waals surface area contributed by atoms with Crippen LogP contribution in [0.25, 0.3) is 0 Å². The molecule has 0 heterocycles. The molecule has 0 aliphatic carbocycles. The van der Waals surface area contributed by atoms with E-state index >= 15 is 0 Å². The van der Waals surface area contributed by atoms with Crippen molar-refractivity contribution >= 4 is 11.7 Å². The first-order valence-electron chi connectivity index (χ1n) is 5.23. The van der Waals surface area contributed by atoms with Crippen molar-refractivity contribution in [3.05, 3.63) is 23.8 Å². The second-order valence-electron chi connectivity index (χ2n) is 3.58. The minimum absolute atomic E-state index is 0.113. The van der Waals surface area contributed by atoms with Gasteiger partial charge >= 0.3 is 5.97 Å². The highest BCUT2D eigenvalue weighted by atomic mass is 16.5. The topological polar surface area (TPSA) is 61.5 Å². The van der Waals surface area contributed by atoms with Gasteiger partial charge in [0, 0.05) is 5.69 Å². The number of anilines is 1. The number of methoxy groups -OCH3 is 1. The van der Waals surface area contributed by atoms with E-state index in [0.29, 0.717) is 17.0 Å². The van der Waals surface area contributed by atoms with E-state index in [0.717, 1.165) is 6.42 Å². The van der Waals surface area contributed by atoms with E-state index in [1.807, 2.05) is 13.8 Å². The Bertz CT molecular complexity index is 377. The van der Waals surface area contributed by atoms with Gasteiger partial charge in [-0.2, -0.15) is 0 Å². The van der Waals surface area contributed by atoms with Crippen LogP contribution >= 0.6 is 0 Å². The van der Waals surface area contributed by atoms with Gasteiger partial charge in [0.05, 0.1) is 18.8 Å². The minimum atomic E-state index is -0.411. The summed E-state index contributed by atoms with van der Waals surface area (Å²) in [6.45, 7) is 3.79. The van der Waals surface area contributed by atoms with Crippen molar-refractivity contribution in [1.29, 1.82) is 0 Å². The molecule has 16 heavy (non-hydrogen) atoms. The first-order chi connectivity index (χ1) is 7.58. The molecule has 0 saturated heterocycles. The number of nitrogen functional groups attached to an aromatic ring is 1. The predicted molar refractivity (Wildman–Crippen MR) is 62.6 cm³/mol. The molecule has 0 spiro atoms. The molecular formula is C12H17NO3. The highest BCUT2D eigenvalue weighted by Gasteiger charge is 2.14. The van der Waals surface area contributed by atoms with E-state index in [2.05, 4.69) is 0 Å². The molecule has 1 rings (SSSR count). The molecule has 0 radical (unpaired) electrons. The Morgan fingerprint density at radius 3 is 2.75 bits per heavy atom. The van der Waals surface area contributed by atoms with Gasteiger partial charge in [-0.25, -0.2) is 4.79 Å². The van der Waals surface area contributed by atoms with Gasteiger partial charge in [-0.1, -0.05) is 6.92 Å². The number of nitrogens with two attached hydrogens (primary N) is 1. The predicted octanol–water partition coefficient (Wildman–Crippen LogP) is 2.23. The summed E-state index contributed by atoms with van der Waals surface area (Å²) in [4.78, 5) is 11.7. The van der Waals surface area contributed by atoms with Crippen LogP contribution in [0.3, 0.4) is 0 Å². The molecule has 1 aromatic carbocycles. The molecule has 0 aliphatic heterocycles. The number of carbonyl (C=O) groups is 1. The van der Waals surface area contributed by atoms with Crippen molar-refractivity contribution < 1.29 is 14.3 Å². The first-order valence-corrected chi connectivity index (χ1v) is 5.23. The van der Waals surface area contributed by atoms with E-state index in [1.165, 1.54) is 7.11 Å². The summed E-state index contributed by atoms with van der Waals surface area (Å²) in [7, 11) is 1.54. The smallest absolute Gasteiger partial charge is 0.340 e. The Hall–Kier alpha value is -1.71. The zero-order chi connectivity index (χ0) is 12.1. The largest absolute Gasteiger partial charge is 0.497 e. The lowest BCUT2D eigenvalue weighted by atomic mass is 10.1. The molecule has 1 aromatic rings. The van der Waals surface area contributed by atoms with Gasteiger partial charge in [-0.15, -0.1) is 0 Å². The molecule has 0 aromatic heterocycles. The molecule has 0 saturated carbocycles. The normalized spacial score (nSPS) is 11.9.